The Hall–Kier alpha value is -2.99. The first-order valence-corrected chi connectivity index (χ1v) is 11.0. The van der Waals surface area contributed by atoms with Crippen LogP contribution in [0.2, 0.25) is 5.02 Å². The van der Waals surface area contributed by atoms with Crippen LogP contribution in [0.15, 0.2) is 47.3 Å². The summed E-state index contributed by atoms with van der Waals surface area (Å²) >= 11 is 6.42. The Morgan fingerprint density at radius 1 is 1.12 bits per heavy atom. The fourth-order valence-electron chi connectivity index (χ4n) is 3.24. The van der Waals surface area contributed by atoms with Crippen LogP contribution in [0.5, 0.6) is 0 Å². The highest BCUT2D eigenvalue weighted by Crippen LogP contribution is 2.29. The Morgan fingerprint density at radius 3 is 2.56 bits per heavy atom. The van der Waals surface area contributed by atoms with E-state index in [1.807, 2.05) is 50.2 Å². The van der Waals surface area contributed by atoms with Crippen molar-refractivity contribution in [3.63, 3.8) is 0 Å². The summed E-state index contributed by atoms with van der Waals surface area (Å²) in [5, 5.41) is 0.447. The number of nitrogens with one attached hydrogen (secondary N) is 1. The van der Waals surface area contributed by atoms with Crippen LogP contribution in [0, 0.1) is 0 Å². The first-order valence-electron chi connectivity index (χ1n) is 10.6. The number of halogens is 1. The molecule has 1 N–H and O–H groups in total. The quantitative estimate of drug-likeness (QED) is 0.509. The van der Waals surface area contributed by atoms with Gasteiger partial charge in [0, 0.05) is 17.5 Å². The Labute approximate surface area is 193 Å². The van der Waals surface area contributed by atoms with Crippen LogP contribution in [0.1, 0.15) is 52.2 Å². The third kappa shape index (κ3) is 6.04. The zero-order chi connectivity index (χ0) is 23.5. The molecule has 0 fully saturated rings. The van der Waals surface area contributed by atoms with E-state index in [1.165, 1.54) is 0 Å². The highest BCUT2D eigenvalue weighted by atomic mass is 35.5. The lowest BCUT2D eigenvalue weighted by Crippen LogP contribution is -2.15. The smallest absolute Gasteiger partial charge is 0.348 e. The van der Waals surface area contributed by atoms with E-state index in [2.05, 4.69) is 35.7 Å². The number of hydrogen-bond donors (Lipinski definition) is 1. The summed E-state index contributed by atoms with van der Waals surface area (Å²) in [5.74, 6) is 0.405. The van der Waals surface area contributed by atoms with Gasteiger partial charge in [-0.05, 0) is 55.0 Å². The van der Waals surface area contributed by atoms with Crippen molar-refractivity contribution < 1.29 is 9.53 Å². The van der Waals surface area contributed by atoms with Gasteiger partial charge >= 0.3 is 11.7 Å². The molecule has 0 aliphatic heterocycles. The van der Waals surface area contributed by atoms with E-state index in [0.717, 1.165) is 16.7 Å². The van der Waals surface area contributed by atoms with Gasteiger partial charge in [0.1, 0.15) is 5.82 Å². The number of aromatic nitrogens is 3. The summed E-state index contributed by atoms with van der Waals surface area (Å²) in [7, 11) is 0. The Bertz CT molecular complexity index is 1180. The van der Waals surface area contributed by atoms with Crippen LogP contribution in [-0.4, -0.2) is 27.0 Å². The molecule has 0 radical (unpaired) electrons. The average Bonchev–Trinajstić information content (AvgIpc) is 2.71. The van der Waals surface area contributed by atoms with Gasteiger partial charge in [-0.2, -0.15) is 4.98 Å². The van der Waals surface area contributed by atoms with Gasteiger partial charge in [-0.25, -0.2) is 9.78 Å². The number of nitrogens with zero attached hydrogens (tertiary/aromatic N) is 2. The molecule has 0 amide bonds. The highest BCUT2D eigenvalue weighted by Gasteiger charge is 2.16. The minimum Gasteiger partial charge on any atom is -0.463 e. The van der Waals surface area contributed by atoms with Gasteiger partial charge in [-0.3, -0.25) is 9.78 Å². The molecular formula is C25H28ClN3O3. The molecule has 0 aliphatic carbocycles. The Kier molecular flexibility index (Phi) is 7.14. The van der Waals surface area contributed by atoms with Gasteiger partial charge in [0.2, 0.25) is 0 Å². The van der Waals surface area contributed by atoms with Crippen molar-refractivity contribution >= 4 is 17.6 Å². The summed E-state index contributed by atoms with van der Waals surface area (Å²) in [6.07, 6.45) is 0.597. The SMILES string of the molecule is CC(C)OC(=O)CCc1ccc(Cl)c(-c2nc(-c3cccc(C(C)(C)C)c3)nc(=O)[nH]2)c1. The molecule has 0 aliphatic rings. The Balaban J connectivity index is 1.95. The zero-order valence-corrected chi connectivity index (χ0v) is 19.8. The van der Waals surface area contributed by atoms with E-state index >= 15 is 0 Å². The number of hydrogen-bond acceptors (Lipinski definition) is 5. The molecule has 2 aromatic carbocycles. The second-order valence-electron chi connectivity index (χ2n) is 9.01. The number of rotatable bonds is 6. The second kappa shape index (κ2) is 9.65. The van der Waals surface area contributed by atoms with Crippen LogP contribution in [0.4, 0.5) is 0 Å². The number of aromatic amines is 1. The molecule has 0 unspecified atom stereocenters. The lowest BCUT2D eigenvalue weighted by Gasteiger charge is -2.19. The topological polar surface area (TPSA) is 84.9 Å². The van der Waals surface area contributed by atoms with Crippen LogP contribution in [0.25, 0.3) is 22.8 Å². The minimum atomic E-state index is -0.506. The summed E-state index contributed by atoms with van der Waals surface area (Å²) in [4.78, 5) is 35.6. The lowest BCUT2D eigenvalue weighted by atomic mass is 9.86. The van der Waals surface area contributed by atoms with Gasteiger partial charge in [0.15, 0.2) is 5.82 Å². The van der Waals surface area contributed by atoms with E-state index in [0.29, 0.717) is 28.7 Å². The summed E-state index contributed by atoms with van der Waals surface area (Å²) < 4.78 is 5.19. The fraction of sp³-hybridized carbons (Fsp3) is 0.360. The first-order chi connectivity index (χ1) is 15.0. The molecule has 1 aromatic heterocycles. The molecule has 1 heterocycles. The van der Waals surface area contributed by atoms with E-state index in [1.54, 1.807) is 6.07 Å². The first kappa shape index (κ1) is 23.7. The van der Waals surface area contributed by atoms with E-state index in [-0.39, 0.29) is 23.9 Å². The van der Waals surface area contributed by atoms with Crippen molar-refractivity contribution in [2.24, 2.45) is 0 Å². The van der Waals surface area contributed by atoms with E-state index in [4.69, 9.17) is 16.3 Å². The van der Waals surface area contributed by atoms with E-state index in [9.17, 15) is 9.59 Å². The third-order valence-electron chi connectivity index (χ3n) is 4.91. The molecule has 32 heavy (non-hydrogen) atoms. The Morgan fingerprint density at radius 2 is 1.88 bits per heavy atom. The molecule has 0 bridgehead atoms. The number of benzene rings is 2. The van der Waals surface area contributed by atoms with E-state index < -0.39 is 5.69 Å². The maximum Gasteiger partial charge on any atom is 0.348 e. The van der Waals surface area contributed by atoms with Crippen LogP contribution < -0.4 is 5.69 Å². The molecule has 3 rings (SSSR count). The average molecular weight is 454 g/mol. The van der Waals surface area contributed by atoms with Crippen molar-refractivity contribution in [1.82, 2.24) is 15.0 Å². The fourth-order valence-corrected chi connectivity index (χ4v) is 3.45. The molecule has 168 valence electrons. The number of aryl methyl sites for hydroxylation is 1. The summed E-state index contributed by atoms with van der Waals surface area (Å²) in [6.45, 7) is 10.0. The normalized spacial score (nSPS) is 11.6. The maximum atomic E-state index is 12.3. The number of H-pyrrole nitrogens is 1. The number of esters is 1. The third-order valence-corrected chi connectivity index (χ3v) is 5.24. The number of carbonyl (C=O) groups is 1. The van der Waals surface area contributed by atoms with Gasteiger partial charge in [-0.1, -0.05) is 56.6 Å². The van der Waals surface area contributed by atoms with Gasteiger partial charge in [0.25, 0.3) is 0 Å². The number of carbonyl (C=O) groups excluding carboxylic acids is 1. The molecule has 0 atom stereocenters. The standard InChI is InChI=1S/C25H28ClN3O3/c1-15(2)32-21(30)12-10-16-9-11-20(26)19(13-16)23-27-22(28-24(31)29-23)17-7-6-8-18(14-17)25(3,4)5/h6-9,11,13-15H,10,12H2,1-5H3,(H,27,28,29,31). The van der Waals surface area contributed by atoms with Crippen molar-refractivity contribution in [1.29, 1.82) is 0 Å². The zero-order valence-electron chi connectivity index (χ0n) is 19.0. The van der Waals surface area contributed by atoms with Crippen molar-refractivity contribution in [2.75, 3.05) is 0 Å². The lowest BCUT2D eigenvalue weighted by molar-refractivity contribution is -0.147. The largest absolute Gasteiger partial charge is 0.463 e. The molecule has 0 spiro atoms. The van der Waals surface area contributed by atoms with Crippen molar-refractivity contribution in [3.05, 3.63) is 69.1 Å². The predicted octanol–water partition coefficient (Wildman–Crippen LogP) is 5.33. The highest BCUT2D eigenvalue weighted by molar-refractivity contribution is 6.33. The summed E-state index contributed by atoms with van der Waals surface area (Å²) in [6, 6.07) is 13.3. The van der Waals surface area contributed by atoms with Gasteiger partial charge in [-0.15, -0.1) is 0 Å². The van der Waals surface area contributed by atoms with Crippen LogP contribution in [0.3, 0.4) is 0 Å². The molecule has 6 nitrogen and oxygen atoms in total. The molecular weight excluding hydrogens is 426 g/mol. The number of ether oxygens (including phenoxy) is 1. The second-order valence-corrected chi connectivity index (χ2v) is 9.42. The predicted molar refractivity (Wildman–Crippen MR) is 127 cm³/mol. The van der Waals surface area contributed by atoms with Crippen LogP contribution in [-0.2, 0) is 21.4 Å². The monoisotopic (exact) mass is 453 g/mol. The summed E-state index contributed by atoms with van der Waals surface area (Å²) in [5.41, 5.74) is 2.79. The van der Waals surface area contributed by atoms with Gasteiger partial charge < -0.3 is 4.74 Å². The van der Waals surface area contributed by atoms with Crippen molar-refractivity contribution in [3.8, 4) is 22.8 Å². The van der Waals surface area contributed by atoms with Gasteiger partial charge in [0.05, 0.1) is 11.1 Å². The van der Waals surface area contributed by atoms with Crippen molar-refractivity contribution in [2.45, 2.75) is 59.0 Å². The molecule has 7 heteroatoms. The molecule has 3 aromatic rings. The molecule has 0 saturated carbocycles. The maximum absolute atomic E-state index is 12.3. The molecule has 0 saturated heterocycles. The van der Waals surface area contributed by atoms with Crippen LogP contribution >= 0.6 is 11.6 Å². The minimum absolute atomic E-state index is 0.0472.